The summed E-state index contributed by atoms with van der Waals surface area (Å²) in [6.45, 7) is 0.0939. The molecular formula is C14H8BrF2NO. The minimum atomic E-state index is -0.775. The largest absolute Gasteiger partial charge is 0.485 e. The number of nitrogens with zero attached hydrogens (tertiary/aromatic N) is 1. The lowest BCUT2D eigenvalue weighted by molar-refractivity contribution is 0.287. The third kappa shape index (κ3) is 3.30. The Kier molecular flexibility index (Phi) is 4.13. The molecule has 2 rings (SSSR count). The summed E-state index contributed by atoms with van der Waals surface area (Å²) in [6, 6.07) is 10.7. The highest BCUT2D eigenvalue weighted by molar-refractivity contribution is 9.10. The molecule has 19 heavy (non-hydrogen) atoms. The Hall–Kier alpha value is -1.93. The van der Waals surface area contributed by atoms with Gasteiger partial charge in [0.2, 0.25) is 0 Å². The van der Waals surface area contributed by atoms with Crippen molar-refractivity contribution in [1.82, 2.24) is 0 Å². The summed E-state index contributed by atoms with van der Waals surface area (Å²) in [4.78, 5) is 0. The molecule has 0 bridgehead atoms. The molecule has 0 amide bonds. The van der Waals surface area contributed by atoms with Crippen LogP contribution >= 0.6 is 15.9 Å². The lowest BCUT2D eigenvalue weighted by Gasteiger charge is -2.09. The summed E-state index contributed by atoms with van der Waals surface area (Å²) in [5.41, 5.74) is 1.23. The number of hydrogen-bond donors (Lipinski definition) is 0. The maximum Gasteiger partial charge on any atom is 0.169 e. The molecule has 5 heteroatoms. The molecule has 0 aliphatic carbocycles. The summed E-state index contributed by atoms with van der Waals surface area (Å²) in [5.74, 6) is -1.50. The number of benzene rings is 2. The van der Waals surface area contributed by atoms with Gasteiger partial charge in [0, 0.05) is 6.07 Å². The van der Waals surface area contributed by atoms with Crippen molar-refractivity contribution in [3.8, 4) is 11.8 Å². The Labute approximate surface area is 117 Å². The molecule has 2 aromatic rings. The van der Waals surface area contributed by atoms with Crippen molar-refractivity contribution in [2.45, 2.75) is 6.61 Å². The first-order valence-electron chi connectivity index (χ1n) is 5.36. The minimum absolute atomic E-state index is 0.0521. The van der Waals surface area contributed by atoms with Crippen molar-refractivity contribution in [2.75, 3.05) is 0 Å². The van der Waals surface area contributed by atoms with Crippen LogP contribution in [0.3, 0.4) is 0 Å². The summed E-state index contributed by atoms with van der Waals surface area (Å²) in [7, 11) is 0. The Morgan fingerprint density at radius 1 is 1.21 bits per heavy atom. The zero-order valence-corrected chi connectivity index (χ0v) is 11.2. The summed E-state index contributed by atoms with van der Waals surface area (Å²) < 4.78 is 31.9. The predicted octanol–water partition coefficient (Wildman–Crippen LogP) is 4.18. The van der Waals surface area contributed by atoms with Crippen LogP contribution < -0.4 is 4.74 Å². The fraction of sp³-hybridized carbons (Fsp3) is 0.0714. The maximum absolute atomic E-state index is 13.5. The van der Waals surface area contributed by atoms with Crippen molar-refractivity contribution >= 4 is 15.9 Å². The van der Waals surface area contributed by atoms with Crippen LogP contribution in [0.25, 0.3) is 0 Å². The number of hydrogen-bond acceptors (Lipinski definition) is 2. The van der Waals surface area contributed by atoms with Crippen LogP contribution in [0.15, 0.2) is 40.9 Å². The standard InChI is InChI=1S/C14H8BrF2NO/c15-12-5-11(16)6-13(17)14(12)19-8-10-3-1-2-9(4-10)7-18/h1-6H,8H2. The van der Waals surface area contributed by atoms with Crippen LogP contribution in [-0.2, 0) is 6.61 Å². The number of ether oxygens (including phenoxy) is 1. The van der Waals surface area contributed by atoms with Crippen LogP contribution in [0.4, 0.5) is 8.78 Å². The third-order valence-electron chi connectivity index (χ3n) is 2.40. The fourth-order valence-corrected chi connectivity index (χ4v) is 2.08. The van der Waals surface area contributed by atoms with Gasteiger partial charge in [0.1, 0.15) is 12.4 Å². The van der Waals surface area contributed by atoms with Gasteiger partial charge in [-0.3, -0.25) is 0 Å². The monoisotopic (exact) mass is 323 g/mol. The SMILES string of the molecule is N#Cc1cccc(COc2c(F)cc(F)cc2Br)c1. The molecule has 0 aliphatic rings. The quantitative estimate of drug-likeness (QED) is 0.849. The van der Waals surface area contributed by atoms with Gasteiger partial charge in [-0.2, -0.15) is 5.26 Å². The van der Waals surface area contributed by atoms with E-state index in [-0.39, 0.29) is 16.8 Å². The first-order chi connectivity index (χ1) is 9.10. The van der Waals surface area contributed by atoms with Gasteiger partial charge in [-0.25, -0.2) is 8.78 Å². The molecule has 0 aliphatic heterocycles. The lowest BCUT2D eigenvalue weighted by Crippen LogP contribution is -1.99. The van der Waals surface area contributed by atoms with Crippen molar-refractivity contribution in [3.63, 3.8) is 0 Å². The van der Waals surface area contributed by atoms with Crippen LogP contribution in [0.1, 0.15) is 11.1 Å². The zero-order chi connectivity index (χ0) is 13.8. The van der Waals surface area contributed by atoms with E-state index in [9.17, 15) is 8.78 Å². The number of halogens is 3. The topological polar surface area (TPSA) is 33.0 Å². The molecule has 96 valence electrons. The lowest BCUT2D eigenvalue weighted by atomic mass is 10.1. The average molecular weight is 324 g/mol. The molecule has 0 heterocycles. The first kappa shape index (κ1) is 13.5. The maximum atomic E-state index is 13.5. The van der Waals surface area contributed by atoms with Gasteiger partial charge in [0.15, 0.2) is 11.6 Å². The van der Waals surface area contributed by atoms with Gasteiger partial charge in [0.05, 0.1) is 16.1 Å². The second kappa shape index (κ2) is 5.81. The highest BCUT2D eigenvalue weighted by Crippen LogP contribution is 2.29. The number of rotatable bonds is 3. The predicted molar refractivity (Wildman–Crippen MR) is 69.5 cm³/mol. The van der Waals surface area contributed by atoms with Crippen molar-refractivity contribution in [2.24, 2.45) is 0 Å². The van der Waals surface area contributed by atoms with Crippen molar-refractivity contribution in [1.29, 1.82) is 5.26 Å². The minimum Gasteiger partial charge on any atom is -0.485 e. The normalized spacial score (nSPS) is 10.0. The Balaban J connectivity index is 2.17. The first-order valence-corrected chi connectivity index (χ1v) is 6.16. The molecule has 0 atom stereocenters. The van der Waals surface area contributed by atoms with Gasteiger partial charge in [-0.05, 0) is 39.7 Å². The summed E-state index contributed by atoms with van der Waals surface area (Å²) in [5, 5.41) is 8.77. The van der Waals surface area contributed by atoms with E-state index in [2.05, 4.69) is 15.9 Å². The summed E-state index contributed by atoms with van der Waals surface area (Å²) >= 11 is 3.04. The summed E-state index contributed by atoms with van der Waals surface area (Å²) in [6.07, 6.45) is 0. The molecule has 2 nitrogen and oxygen atoms in total. The van der Waals surface area contributed by atoms with Crippen molar-refractivity contribution < 1.29 is 13.5 Å². The zero-order valence-electron chi connectivity index (χ0n) is 9.66. The Morgan fingerprint density at radius 3 is 2.68 bits per heavy atom. The molecule has 0 unspecified atom stereocenters. The molecule has 0 saturated carbocycles. The highest BCUT2D eigenvalue weighted by atomic mass is 79.9. The van der Waals surface area contributed by atoms with E-state index < -0.39 is 11.6 Å². The van der Waals surface area contributed by atoms with E-state index >= 15 is 0 Å². The van der Waals surface area contributed by atoms with Gasteiger partial charge in [0.25, 0.3) is 0 Å². The Morgan fingerprint density at radius 2 is 2.00 bits per heavy atom. The fourth-order valence-electron chi connectivity index (χ4n) is 1.55. The van der Waals surface area contributed by atoms with E-state index in [0.717, 1.165) is 17.7 Å². The van der Waals surface area contributed by atoms with E-state index in [1.807, 2.05) is 6.07 Å². The van der Waals surface area contributed by atoms with Crippen LogP contribution in [-0.4, -0.2) is 0 Å². The Bertz CT molecular complexity index is 629. The molecule has 0 aromatic heterocycles. The third-order valence-corrected chi connectivity index (χ3v) is 2.99. The van der Waals surface area contributed by atoms with Gasteiger partial charge in [-0.15, -0.1) is 0 Å². The average Bonchev–Trinajstić information content (AvgIpc) is 2.37. The van der Waals surface area contributed by atoms with Gasteiger partial charge >= 0.3 is 0 Å². The molecule has 0 radical (unpaired) electrons. The van der Waals surface area contributed by atoms with E-state index in [0.29, 0.717) is 5.56 Å². The van der Waals surface area contributed by atoms with E-state index in [1.165, 1.54) is 0 Å². The second-order valence-corrected chi connectivity index (χ2v) is 4.65. The highest BCUT2D eigenvalue weighted by Gasteiger charge is 2.11. The van der Waals surface area contributed by atoms with Crippen LogP contribution in [0.5, 0.6) is 5.75 Å². The molecule has 0 saturated heterocycles. The van der Waals surface area contributed by atoms with Gasteiger partial charge < -0.3 is 4.74 Å². The molecular weight excluding hydrogens is 316 g/mol. The number of nitriles is 1. The molecule has 0 fully saturated rings. The molecule has 0 N–H and O–H groups in total. The van der Waals surface area contributed by atoms with Crippen LogP contribution in [0.2, 0.25) is 0 Å². The molecule has 0 spiro atoms. The van der Waals surface area contributed by atoms with Gasteiger partial charge in [-0.1, -0.05) is 12.1 Å². The smallest absolute Gasteiger partial charge is 0.169 e. The second-order valence-electron chi connectivity index (χ2n) is 3.80. The van der Waals surface area contributed by atoms with Crippen molar-refractivity contribution in [3.05, 3.63) is 63.6 Å². The van der Waals surface area contributed by atoms with Crippen LogP contribution in [0, 0.1) is 23.0 Å². The van der Waals surface area contributed by atoms with E-state index in [4.69, 9.17) is 10.00 Å². The van der Waals surface area contributed by atoms with E-state index in [1.54, 1.807) is 24.3 Å². The molecule has 2 aromatic carbocycles.